The number of hydrogen-bond donors (Lipinski definition) is 3. The molecular formula is C15H13ClN2O2. The van der Waals surface area contributed by atoms with E-state index in [4.69, 9.17) is 16.7 Å². The summed E-state index contributed by atoms with van der Waals surface area (Å²) in [6.07, 6.45) is 0. The van der Waals surface area contributed by atoms with Gasteiger partial charge in [0.05, 0.1) is 5.70 Å². The van der Waals surface area contributed by atoms with Crippen LogP contribution in [-0.2, 0) is 0 Å². The SMILES string of the molecule is C=C(NNC(=O)c1ccc(O)cc1)c1ccccc1Cl. The largest absolute Gasteiger partial charge is 0.508 e. The van der Waals surface area contributed by atoms with Crippen LogP contribution in [0.2, 0.25) is 5.02 Å². The molecule has 3 N–H and O–H groups in total. The van der Waals surface area contributed by atoms with Crippen LogP contribution in [0.25, 0.3) is 5.70 Å². The number of phenols is 1. The van der Waals surface area contributed by atoms with E-state index in [2.05, 4.69) is 17.4 Å². The van der Waals surface area contributed by atoms with Crippen LogP contribution in [0.5, 0.6) is 5.75 Å². The second-order valence-electron chi connectivity index (χ2n) is 4.08. The Kier molecular flexibility index (Phi) is 4.27. The van der Waals surface area contributed by atoms with Gasteiger partial charge >= 0.3 is 0 Å². The van der Waals surface area contributed by atoms with Gasteiger partial charge in [0, 0.05) is 16.1 Å². The van der Waals surface area contributed by atoms with E-state index in [1.807, 2.05) is 12.1 Å². The molecule has 0 heterocycles. The summed E-state index contributed by atoms with van der Waals surface area (Å²) in [5, 5.41) is 9.70. The first-order chi connectivity index (χ1) is 9.58. The Bertz CT molecular complexity index is 639. The van der Waals surface area contributed by atoms with E-state index < -0.39 is 0 Å². The van der Waals surface area contributed by atoms with Crippen LogP contribution in [0, 0.1) is 0 Å². The third-order valence-corrected chi connectivity index (χ3v) is 2.98. The van der Waals surface area contributed by atoms with E-state index in [0.717, 1.165) is 0 Å². The van der Waals surface area contributed by atoms with Crippen molar-refractivity contribution in [3.8, 4) is 5.75 Å². The minimum atomic E-state index is -0.335. The average molecular weight is 289 g/mol. The number of nitrogens with one attached hydrogen (secondary N) is 2. The molecule has 0 spiro atoms. The molecule has 0 radical (unpaired) electrons. The zero-order valence-corrected chi connectivity index (χ0v) is 11.3. The van der Waals surface area contributed by atoms with E-state index in [9.17, 15) is 4.79 Å². The van der Waals surface area contributed by atoms with Gasteiger partial charge in [-0.3, -0.25) is 15.6 Å². The van der Waals surface area contributed by atoms with E-state index in [1.54, 1.807) is 12.1 Å². The number of phenolic OH excluding ortho intramolecular Hbond substituents is 1. The van der Waals surface area contributed by atoms with Crippen molar-refractivity contribution in [1.29, 1.82) is 0 Å². The van der Waals surface area contributed by atoms with Crippen LogP contribution >= 0.6 is 11.6 Å². The van der Waals surface area contributed by atoms with Crippen molar-refractivity contribution < 1.29 is 9.90 Å². The van der Waals surface area contributed by atoms with Gasteiger partial charge in [-0.05, 0) is 30.3 Å². The predicted octanol–water partition coefficient (Wildman–Crippen LogP) is 2.95. The zero-order valence-electron chi connectivity index (χ0n) is 10.6. The Labute approximate surface area is 121 Å². The Balaban J connectivity index is 1.99. The smallest absolute Gasteiger partial charge is 0.269 e. The van der Waals surface area contributed by atoms with Gasteiger partial charge in [0.25, 0.3) is 5.91 Å². The summed E-state index contributed by atoms with van der Waals surface area (Å²) >= 11 is 6.03. The van der Waals surface area contributed by atoms with Crippen molar-refractivity contribution in [3.05, 3.63) is 71.3 Å². The summed E-state index contributed by atoms with van der Waals surface area (Å²) in [5.41, 5.74) is 6.84. The number of carbonyl (C=O) groups is 1. The Morgan fingerprint density at radius 1 is 1.05 bits per heavy atom. The van der Waals surface area contributed by atoms with Gasteiger partial charge in [0.2, 0.25) is 0 Å². The second-order valence-corrected chi connectivity index (χ2v) is 4.49. The first-order valence-corrected chi connectivity index (χ1v) is 6.25. The number of carbonyl (C=O) groups excluding carboxylic acids is 1. The number of rotatable bonds is 4. The van der Waals surface area contributed by atoms with Gasteiger partial charge in [-0.1, -0.05) is 36.4 Å². The summed E-state index contributed by atoms with van der Waals surface area (Å²) in [7, 11) is 0. The number of hydrazine groups is 1. The van der Waals surface area contributed by atoms with Gasteiger partial charge in [-0.15, -0.1) is 0 Å². The van der Waals surface area contributed by atoms with Crippen molar-refractivity contribution in [3.63, 3.8) is 0 Å². The summed E-state index contributed by atoms with van der Waals surface area (Å²) in [5.74, 6) is -0.229. The molecule has 2 aromatic carbocycles. The molecule has 0 aromatic heterocycles. The lowest BCUT2D eigenvalue weighted by Crippen LogP contribution is -2.35. The van der Waals surface area contributed by atoms with Crippen LogP contribution in [0.15, 0.2) is 55.1 Å². The fourth-order valence-corrected chi connectivity index (χ4v) is 1.84. The van der Waals surface area contributed by atoms with Crippen LogP contribution in [0.1, 0.15) is 15.9 Å². The molecular weight excluding hydrogens is 276 g/mol. The Morgan fingerprint density at radius 2 is 1.70 bits per heavy atom. The molecule has 2 aromatic rings. The van der Waals surface area contributed by atoms with Crippen molar-refractivity contribution in [2.24, 2.45) is 0 Å². The van der Waals surface area contributed by atoms with E-state index in [0.29, 0.717) is 21.8 Å². The predicted molar refractivity (Wildman–Crippen MR) is 79.2 cm³/mol. The van der Waals surface area contributed by atoms with E-state index >= 15 is 0 Å². The van der Waals surface area contributed by atoms with Crippen molar-refractivity contribution >= 4 is 23.2 Å². The maximum atomic E-state index is 11.8. The lowest BCUT2D eigenvalue weighted by atomic mass is 10.2. The van der Waals surface area contributed by atoms with E-state index in [-0.39, 0.29) is 11.7 Å². The summed E-state index contributed by atoms with van der Waals surface area (Å²) < 4.78 is 0. The van der Waals surface area contributed by atoms with Gasteiger partial charge in [0.15, 0.2) is 0 Å². The van der Waals surface area contributed by atoms with E-state index in [1.165, 1.54) is 24.3 Å². The normalized spacial score (nSPS) is 9.85. The quantitative estimate of drug-likeness (QED) is 0.758. The number of aromatic hydroxyl groups is 1. The average Bonchev–Trinajstić information content (AvgIpc) is 2.45. The molecule has 102 valence electrons. The number of halogens is 1. The molecule has 0 atom stereocenters. The highest BCUT2D eigenvalue weighted by molar-refractivity contribution is 6.32. The van der Waals surface area contributed by atoms with Gasteiger partial charge in [0.1, 0.15) is 5.75 Å². The van der Waals surface area contributed by atoms with Crippen molar-refractivity contribution in [2.45, 2.75) is 0 Å². The molecule has 1 amide bonds. The molecule has 0 fully saturated rings. The van der Waals surface area contributed by atoms with Crippen molar-refractivity contribution in [1.82, 2.24) is 10.9 Å². The molecule has 5 heteroatoms. The second kappa shape index (κ2) is 6.12. The minimum absolute atomic E-state index is 0.106. The topological polar surface area (TPSA) is 61.4 Å². The Hall–Kier alpha value is -2.46. The first kappa shape index (κ1) is 14.0. The molecule has 4 nitrogen and oxygen atoms in total. The summed E-state index contributed by atoms with van der Waals surface area (Å²) in [4.78, 5) is 11.8. The lowest BCUT2D eigenvalue weighted by molar-refractivity contribution is 0.0942. The fraction of sp³-hybridized carbons (Fsp3) is 0. The first-order valence-electron chi connectivity index (χ1n) is 5.87. The summed E-state index contributed by atoms with van der Waals surface area (Å²) in [6.45, 7) is 3.82. The summed E-state index contributed by atoms with van der Waals surface area (Å²) in [6, 6.07) is 13.1. The monoisotopic (exact) mass is 288 g/mol. The van der Waals surface area contributed by atoms with Gasteiger partial charge < -0.3 is 5.11 Å². The molecule has 0 saturated heterocycles. The minimum Gasteiger partial charge on any atom is -0.508 e. The molecule has 2 rings (SSSR count). The molecule has 0 aliphatic heterocycles. The highest BCUT2D eigenvalue weighted by Crippen LogP contribution is 2.20. The molecule has 0 aliphatic rings. The highest BCUT2D eigenvalue weighted by atomic mass is 35.5. The number of amides is 1. The zero-order chi connectivity index (χ0) is 14.5. The van der Waals surface area contributed by atoms with Crippen LogP contribution < -0.4 is 10.9 Å². The lowest BCUT2D eigenvalue weighted by Gasteiger charge is -2.12. The van der Waals surface area contributed by atoms with Crippen LogP contribution in [0.4, 0.5) is 0 Å². The molecule has 0 aliphatic carbocycles. The van der Waals surface area contributed by atoms with Crippen LogP contribution in [0.3, 0.4) is 0 Å². The highest BCUT2D eigenvalue weighted by Gasteiger charge is 2.07. The number of benzene rings is 2. The molecule has 20 heavy (non-hydrogen) atoms. The third kappa shape index (κ3) is 3.30. The fourth-order valence-electron chi connectivity index (χ4n) is 1.59. The third-order valence-electron chi connectivity index (χ3n) is 2.66. The molecule has 0 bridgehead atoms. The standard InChI is InChI=1S/C15H13ClN2O2/c1-10(13-4-2-3-5-14(13)16)17-18-15(20)11-6-8-12(19)9-7-11/h2-9,17,19H,1H2,(H,18,20). The maximum Gasteiger partial charge on any atom is 0.269 e. The molecule has 0 unspecified atom stereocenters. The Morgan fingerprint density at radius 3 is 2.35 bits per heavy atom. The number of hydrogen-bond acceptors (Lipinski definition) is 3. The van der Waals surface area contributed by atoms with Crippen LogP contribution in [-0.4, -0.2) is 11.0 Å². The molecule has 0 saturated carbocycles. The van der Waals surface area contributed by atoms with Gasteiger partial charge in [-0.25, -0.2) is 0 Å². The maximum absolute atomic E-state index is 11.8. The van der Waals surface area contributed by atoms with Crippen molar-refractivity contribution in [2.75, 3.05) is 0 Å². The van der Waals surface area contributed by atoms with Gasteiger partial charge in [-0.2, -0.15) is 0 Å².